The van der Waals surface area contributed by atoms with Gasteiger partial charge in [-0.1, -0.05) is 6.92 Å². The summed E-state index contributed by atoms with van der Waals surface area (Å²) in [6.45, 7) is 8.14. The number of aryl methyl sites for hydroxylation is 2. The van der Waals surface area contributed by atoms with E-state index >= 15 is 0 Å². The third-order valence-electron chi connectivity index (χ3n) is 10.4. The molecule has 2 N–H and O–H groups in total. The van der Waals surface area contributed by atoms with Crippen LogP contribution >= 0.6 is 0 Å². The van der Waals surface area contributed by atoms with Crippen molar-refractivity contribution in [2.24, 2.45) is 14.1 Å². The Hall–Kier alpha value is -7.75. The normalized spacial score (nSPS) is 11.9. The predicted molar refractivity (Wildman–Crippen MR) is 233 cm³/mol. The minimum atomic E-state index is 0.0369. The first kappa shape index (κ1) is 37.8. The molecule has 1 unspecified atom stereocenters. The van der Waals surface area contributed by atoms with E-state index in [2.05, 4.69) is 72.8 Å². The van der Waals surface area contributed by atoms with Crippen LogP contribution in [0.3, 0.4) is 0 Å². The molecular weight excluding hydrogens is 753 g/mol. The average molecular weight is 795 g/mol. The number of aromatic nitrogens is 13. The summed E-state index contributed by atoms with van der Waals surface area (Å²) in [6, 6.07) is 17.9. The molecule has 0 aliphatic rings. The zero-order chi connectivity index (χ0) is 41.2. The lowest BCUT2D eigenvalue weighted by atomic mass is 9.94. The fraction of sp³-hybridized carbons (Fsp3) is 0.205. The summed E-state index contributed by atoms with van der Waals surface area (Å²) in [6.07, 6.45) is 17.3. The zero-order valence-electron chi connectivity index (χ0n) is 33.9. The van der Waals surface area contributed by atoms with Gasteiger partial charge in [-0.2, -0.15) is 20.4 Å². The van der Waals surface area contributed by atoms with Crippen LogP contribution in [0.5, 0.6) is 0 Å². The van der Waals surface area contributed by atoms with Gasteiger partial charge in [0.2, 0.25) is 0 Å². The van der Waals surface area contributed by atoms with Crippen LogP contribution in [-0.4, -0.2) is 78.0 Å². The average Bonchev–Trinajstić information content (AvgIpc) is 3.89. The summed E-state index contributed by atoms with van der Waals surface area (Å²) in [7, 11) is 3.80. The van der Waals surface area contributed by atoms with Crippen LogP contribution in [0.1, 0.15) is 37.8 Å². The Kier molecular flexibility index (Phi) is 10.2. The van der Waals surface area contributed by atoms with Gasteiger partial charge in [-0.25, -0.2) is 9.97 Å². The molecule has 60 heavy (non-hydrogen) atoms. The first-order valence-corrected chi connectivity index (χ1v) is 19.7. The molecule has 0 saturated carbocycles. The van der Waals surface area contributed by atoms with E-state index in [1.54, 1.807) is 28.0 Å². The maximum Gasteiger partial charge on any atom is 0.156 e. The van der Waals surface area contributed by atoms with Gasteiger partial charge < -0.3 is 15.5 Å². The van der Waals surface area contributed by atoms with E-state index in [-0.39, 0.29) is 5.92 Å². The molecule has 0 aliphatic heterocycles. The van der Waals surface area contributed by atoms with E-state index in [1.807, 2.05) is 99.8 Å². The maximum atomic E-state index is 5.01. The predicted octanol–water partition coefficient (Wildman–Crippen LogP) is 7.70. The third-order valence-corrected chi connectivity index (χ3v) is 10.4. The molecule has 0 fully saturated rings. The number of anilines is 5. The first-order valence-electron chi connectivity index (χ1n) is 19.7. The van der Waals surface area contributed by atoms with Crippen molar-refractivity contribution in [1.82, 2.24) is 64.9 Å². The fourth-order valence-corrected chi connectivity index (χ4v) is 7.37. The Balaban J connectivity index is 0.991. The van der Waals surface area contributed by atoms with Crippen LogP contribution in [0.25, 0.3) is 55.6 Å². The van der Waals surface area contributed by atoms with Crippen LogP contribution < -0.4 is 15.5 Å². The van der Waals surface area contributed by atoms with E-state index in [1.165, 1.54) is 0 Å². The molecule has 0 amide bonds. The quantitative estimate of drug-likeness (QED) is 0.116. The standard InChI is InChI=1S/C44H42N16/c1-6-60(7-2)34-18-42(56-49-24-34)54-40-16-29(44-38(52-40)14-31(20-47-44)33-23-50-58(4)25-33)13-27(3)30-17-41(55-48-22-30)53-39-11-10-36-37(51-39)15-32(21-46-36)35-26-59(5)57-43(35)28-9-8-12-45-19-28/h8-12,14-27H,6-7,13H2,1-5H3,(H,51,53,55)(H,52,54,56). The van der Waals surface area contributed by atoms with Gasteiger partial charge >= 0.3 is 0 Å². The molecular formula is C44H42N16. The third kappa shape index (κ3) is 7.90. The molecule has 16 heteroatoms. The van der Waals surface area contributed by atoms with Crippen molar-refractivity contribution >= 4 is 51.0 Å². The number of hydrogen-bond donors (Lipinski definition) is 2. The SMILES string of the molecule is CCN(CC)c1cnnc(Nc2cc(CC(C)c3cnnc(Nc4ccc5ncc(-c6cn(C)nc6-c6cccnc6)cc5n4)c3)c3ncc(-c4cnn(C)c4)cc3n2)c1. The van der Waals surface area contributed by atoms with Crippen molar-refractivity contribution in [1.29, 1.82) is 0 Å². The zero-order valence-corrected chi connectivity index (χ0v) is 33.9. The van der Waals surface area contributed by atoms with Crippen LogP contribution in [0, 0.1) is 0 Å². The highest BCUT2D eigenvalue weighted by Gasteiger charge is 2.18. The molecule has 1 atom stereocenters. The van der Waals surface area contributed by atoms with Gasteiger partial charge in [0.25, 0.3) is 0 Å². The molecule has 9 aromatic rings. The lowest BCUT2D eigenvalue weighted by Gasteiger charge is -2.20. The topological polar surface area (TPSA) is 179 Å². The molecule has 0 bridgehead atoms. The van der Waals surface area contributed by atoms with E-state index in [0.29, 0.717) is 29.7 Å². The van der Waals surface area contributed by atoms with Gasteiger partial charge in [0.1, 0.15) is 17.3 Å². The Bertz CT molecular complexity index is 2960. The fourth-order valence-electron chi connectivity index (χ4n) is 7.37. The number of hydrogen-bond acceptors (Lipinski definition) is 14. The highest BCUT2D eigenvalue weighted by Crippen LogP contribution is 2.33. The molecule has 9 aromatic heterocycles. The molecule has 16 nitrogen and oxygen atoms in total. The Morgan fingerprint density at radius 1 is 0.667 bits per heavy atom. The highest BCUT2D eigenvalue weighted by molar-refractivity contribution is 5.87. The summed E-state index contributed by atoms with van der Waals surface area (Å²) in [4.78, 5) is 26.1. The van der Waals surface area contributed by atoms with Crippen LogP contribution in [0.2, 0.25) is 0 Å². The Labute approximate surface area is 345 Å². The molecule has 9 rings (SSSR count). The monoisotopic (exact) mass is 794 g/mol. The molecule has 9 heterocycles. The number of fused-ring (bicyclic) bond motifs is 2. The summed E-state index contributed by atoms with van der Waals surface area (Å²) in [5, 5.41) is 33.3. The minimum Gasteiger partial charge on any atom is -0.371 e. The summed E-state index contributed by atoms with van der Waals surface area (Å²) < 4.78 is 3.57. The maximum absolute atomic E-state index is 5.01. The second kappa shape index (κ2) is 16.2. The second-order valence-electron chi connectivity index (χ2n) is 14.6. The molecule has 0 saturated heterocycles. The van der Waals surface area contributed by atoms with E-state index in [4.69, 9.17) is 25.0 Å². The minimum absolute atomic E-state index is 0.0369. The molecule has 0 spiro atoms. The lowest BCUT2D eigenvalue weighted by molar-refractivity contribution is 0.751. The van der Waals surface area contributed by atoms with Crippen LogP contribution in [-0.2, 0) is 20.5 Å². The largest absolute Gasteiger partial charge is 0.371 e. The Morgan fingerprint density at radius 3 is 2.25 bits per heavy atom. The van der Waals surface area contributed by atoms with Crippen molar-refractivity contribution in [2.75, 3.05) is 28.6 Å². The van der Waals surface area contributed by atoms with Gasteiger partial charge in [0.15, 0.2) is 11.6 Å². The van der Waals surface area contributed by atoms with Crippen LogP contribution in [0.4, 0.5) is 29.0 Å². The summed E-state index contributed by atoms with van der Waals surface area (Å²) >= 11 is 0. The lowest BCUT2D eigenvalue weighted by Crippen LogP contribution is -2.22. The van der Waals surface area contributed by atoms with Crippen molar-refractivity contribution in [3.63, 3.8) is 0 Å². The van der Waals surface area contributed by atoms with E-state index in [0.717, 1.165) is 85.5 Å². The first-order chi connectivity index (χ1) is 29.3. The number of rotatable bonds is 13. The van der Waals surface area contributed by atoms with Crippen molar-refractivity contribution in [3.05, 3.63) is 121 Å². The van der Waals surface area contributed by atoms with Crippen molar-refractivity contribution < 1.29 is 0 Å². The van der Waals surface area contributed by atoms with Gasteiger partial charge in [0, 0.05) is 98.2 Å². The second-order valence-corrected chi connectivity index (χ2v) is 14.6. The summed E-state index contributed by atoms with van der Waals surface area (Å²) in [5.74, 6) is 2.49. The molecule has 0 aromatic carbocycles. The van der Waals surface area contributed by atoms with Gasteiger partial charge in [0.05, 0.1) is 46.3 Å². The van der Waals surface area contributed by atoms with E-state index in [9.17, 15) is 0 Å². The molecule has 0 aliphatic carbocycles. The van der Waals surface area contributed by atoms with Crippen molar-refractivity contribution in [3.8, 4) is 33.5 Å². The number of pyridine rings is 5. The summed E-state index contributed by atoms with van der Waals surface area (Å²) in [5.41, 5.74) is 11.6. The van der Waals surface area contributed by atoms with E-state index < -0.39 is 0 Å². The van der Waals surface area contributed by atoms with Crippen LogP contribution in [0.15, 0.2) is 110 Å². The van der Waals surface area contributed by atoms with Gasteiger partial charge in [-0.15, -0.1) is 10.2 Å². The van der Waals surface area contributed by atoms with Gasteiger partial charge in [-0.3, -0.25) is 24.3 Å². The smallest absolute Gasteiger partial charge is 0.156 e. The Morgan fingerprint density at radius 2 is 1.45 bits per heavy atom. The number of nitrogens with zero attached hydrogens (tertiary/aromatic N) is 14. The number of nitrogens with one attached hydrogen (secondary N) is 2. The van der Waals surface area contributed by atoms with Crippen molar-refractivity contribution in [2.45, 2.75) is 33.1 Å². The highest BCUT2D eigenvalue weighted by atomic mass is 15.3. The molecule has 0 radical (unpaired) electrons. The van der Waals surface area contributed by atoms with Gasteiger partial charge in [-0.05, 0) is 85.8 Å². The molecule has 298 valence electrons.